The smallest absolute Gasteiger partial charge is 0.326 e. The third kappa shape index (κ3) is 2.99. The van der Waals surface area contributed by atoms with Gasteiger partial charge < -0.3 is 5.73 Å². The van der Waals surface area contributed by atoms with Gasteiger partial charge >= 0.3 is 12.4 Å². The summed E-state index contributed by atoms with van der Waals surface area (Å²) in [6, 6.07) is 1.44. The summed E-state index contributed by atoms with van der Waals surface area (Å²) in [5, 5.41) is 3.49. The second-order valence-corrected chi connectivity index (χ2v) is 4.03. The van der Waals surface area contributed by atoms with Crippen molar-refractivity contribution in [3.8, 4) is 5.82 Å². The van der Waals surface area contributed by atoms with E-state index >= 15 is 0 Å². The maximum Gasteiger partial charge on any atom is 0.433 e. The van der Waals surface area contributed by atoms with Crippen molar-refractivity contribution >= 4 is 0 Å². The van der Waals surface area contributed by atoms with Crippen molar-refractivity contribution in [2.24, 2.45) is 5.73 Å². The number of alkyl halides is 6. The highest BCUT2D eigenvalue weighted by atomic mass is 19.4. The first-order valence-corrected chi connectivity index (χ1v) is 5.52. The molecule has 21 heavy (non-hydrogen) atoms. The molecule has 0 unspecified atom stereocenters. The van der Waals surface area contributed by atoms with Crippen molar-refractivity contribution in [1.29, 1.82) is 0 Å². The van der Waals surface area contributed by atoms with Gasteiger partial charge in [0.25, 0.3) is 0 Å². The minimum absolute atomic E-state index is 0.274. The Labute approximate surface area is 114 Å². The summed E-state index contributed by atoms with van der Waals surface area (Å²) >= 11 is 0. The van der Waals surface area contributed by atoms with Gasteiger partial charge in [0.15, 0.2) is 11.5 Å². The van der Waals surface area contributed by atoms with Crippen LogP contribution in [0.25, 0.3) is 5.82 Å². The minimum atomic E-state index is -4.75. The lowest BCUT2D eigenvalue weighted by molar-refractivity contribution is -0.143. The molecule has 0 aliphatic heterocycles. The fourth-order valence-corrected chi connectivity index (χ4v) is 1.69. The molecule has 0 saturated carbocycles. The zero-order valence-corrected chi connectivity index (χ0v) is 10.2. The zero-order valence-electron chi connectivity index (χ0n) is 10.2. The van der Waals surface area contributed by atoms with Crippen LogP contribution >= 0.6 is 0 Å². The highest BCUT2D eigenvalue weighted by Crippen LogP contribution is 2.34. The van der Waals surface area contributed by atoms with Crippen LogP contribution in [0.4, 0.5) is 26.3 Å². The average Bonchev–Trinajstić information content (AvgIpc) is 2.81. The fourth-order valence-electron chi connectivity index (χ4n) is 1.69. The lowest BCUT2D eigenvalue weighted by Gasteiger charge is -2.12. The molecule has 0 radical (unpaired) electrons. The van der Waals surface area contributed by atoms with Crippen LogP contribution in [0.3, 0.4) is 0 Å². The Morgan fingerprint density at radius 1 is 1.00 bits per heavy atom. The summed E-state index contributed by atoms with van der Waals surface area (Å²) in [4.78, 5) is 3.38. The molecule has 0 bridgehead atoms. The van der Waals surface area contributed by atoms with Gasteiger partial charge in [0.05, 0.1) is 11.8 Å². The minimum Gasteiger partial charge on any atom is -0.326 e. The standard InChI is InChI=1S/C11H8F6N4/c12-10(13,14)7-1-2-8(19-5-7)21-9(11(15,16)17)6(3-18)4-20-21/h1-2,4-5H,3,18H2. The normalized spacial score (nSPS) is 12.7. The number of rotatable bonds is 2. The van der Waals surface area contributed by atoms with E-state index in [1.807, 2.05) is 0 Å². The summed E-state index contributed by atoms with van der Waals surface area (Å²) in [5.74, 6) is -0.380. The van der Waals surface area contributed by atoms with E-state index in [1.165, 1.54) is 0 Å². The maximum atomic E-state index is 13.0. The van der Waals surface area contributed by atoms with Crippen LogP contribution in [0.15, 0.2) is 24.5 Å². The molecule has 10 heteroatoms. The number of hydrogen-bond acceptors (Lipinski definition) is 3. The van der Waals surface area contributed by atoms with Crippen LogP contribution in [-0.4, -0.2) is 14.8 Å². The third-order valence-corrected chi connectivity index (χ3v) is 2.63. The predicted molar refractivity (Wildman–Crippen MR) is 59.3 cm³/mol. The van der Waals surface area contributed by atoms with E-state index in [4.69, 9.17) is 5.73 Å². The van der Waals surface area contributed by atoms with E-state index in [-0.39, 0.29) is 11.4 Å². The van der Waals surface area contributed by atoms with Crippen LogP contribution in [-0.2, 0) is 18.9 Å². The molecule has 0 amide bonds. The molecular formula is C11H8F6N4. The van der Waals surface area contributed by atoms with Gasteiger partial charge in [0, 0.05) is 18.3 Å². The summed E-state index contributed by atoms with van der Waals surface area (Å²) in [6.45, 7) is -0.407. The Balaban J connectivity index is 2.50. The predicted octanol–water partition coefficient (Wildman–Crippen LogP) is 2.76. The van der Waals surface area contributed by atoms with Crippen molar-refractivity contribution in [3.05, 3.63) is 41.3 Å². The van der Waals surface area contributed by atoms with E-state index < -0.39 is 30.2 Å². The molecule has 2 aromatic rings. The molecule has 0 atom stereocenters. The van der Waals surface area contributed by atoms with Crippen molar-refractivity contribution in [2.75, 3.05) is 0 Å². The Morgan fingerprint density at radius 2 is 1.67 bits per heavy atom. The van der Waals surface area contributed by atoms with Crippen LogP contribution in [0.2, 0.25) is 0 Å². The van der Waals surface area contributed by atoms with E-state index in [2.05, 4.69) is 10.1 Å². The molecule has 0 saturated heterocycles. The van der Waals surface area contributed by atoms with Crippen molar-refractivity contribution in [1.82, 2.24) is 14.8 Å². The summed E-state index contributed by atoms with van der Waals surface area (Å²) in [6.07, 6.45) is -8.03. The number of hydrogen-bond donors (Lipinski definition) is 1. The first kappa shape index (κ1) is 15.3. The molecule has 0 aromatic carbocycles. The zero-order chi connectivity index (χ0) is 15.8. The molecule has 0 aliphatic carbocycles. The molecule has 0 spiro atoms. The molecule has 2 heterocycles. The topological polar surface area (TPSA) is 56.7 Å². The van der Waals surface area contributed by atoms with Gasteiger partial charge in [0.2, 0.25) is 0 Å². The number of nitrogens with zero attached hydrogens (tertiary/aromatic N) is 3. The van der Waals surface area contributed by atoms with Crippen LogP contribution in [0, 0.1) is 0 Å². The van der Waals surface area contributed by atoms with Gasteiger partial charge in [-0.2, -0.15) is 31.4 Å². The molecular weight excluding hydrogens is 302 g/mol. The second-order valence-electron chi connectivity index (χ2n) is 4.03. The Bertz CT molecular complexity index is 626. The van der Waals surface area contributed by atoms with Crippen LogP contribution < -0.4 is 5.73 Å². The number of pyridine rings is 1. The Hall–Kier alpha value is -2.10. The van der Waals surface area contributed by atoms with E-state index in [0.717, 1.165) is 12.3 Å². The van der Waals surface area contributed by atoms with Gasteiger partial charge in [-0.25, -0.2) is 9.67 Å². The molecule has 2 rings (SSSR count). The van der Waals surface area contributed by atoms with Gasteiger partial charge in [0.1, 0.15) is 0 Å². The van der Waals surface area contributed by atoms with E-state index in [1.54, 1.807) is 0 Å². The number of nitrogens with two attached hydrogens (primary N) is 1. The lowest BCUT2D eigenvalue weighted by Crippen LogP contribution is -2.17. The molecule has 2 aromatic heterocycles. The third-order valence-electron chi connectivity index (χ3n) is 2.63. The SMILES string of the molecule is NCc1cnn(-c2ccc(C(F)(F)F)cn2)c1C(F)(F)F. The summed E-state index contributed by atoms with van der Waals surface area (Å²) in [7, 11) is 0. The highest BCUT2D eigenvalue weighted by Gasteiger charge is 2.38. The average molecular weight is 310 g/mol. The fraction of sp³-hybridized carbons (Fsp3) is 0.273. The summed E-state index contributed by atoms with van der Waals surface area (Å²) in [5.41, 5.74) is 2.70. The quantitative estimate of drug-likeness (QED) is 0.868. The molecule has 4 nitrogen and oxygen atoms in total. The molecule has 2 N–H and O–H groups in total. The van der Waals surface area contributed by atoms with Crippen molar-refractivity contribution in [2.45, 2.75) is 18.9 Å². The van der Waals surface area contributed by atoms with Crippen LogP contribution in [0.5, 0.6) is 0 Å². The highest BCUT2D eigenvalue weighted by molar-refractivity contribution is 5.32. The molecule has 114 valence electrons. The first-order chi connectivity index (χ1) is 9.64. The monoisotopic (exact) mass is 310 g/mol. The van der Waals surface area contributed by atoms with Gasteiger partial charge in [-0.15, -0.1) is 0 Å². The Morgan fingerprint density at radius 3 is 2.10 bits per heavy atom. The van der Waals surface area contributed by atoms with Gasteiger partial charge in [-0.05, 0) is 12.1 Å². The molecule has 0 aliphatic rings. The van der Waals surface area contributed by atoms with Gasteiger partial charge in [-0.3, -0.25) is 0 Å². The first-order valence-electron chi connectivity index (χ1n) is 5.52. The molecule has 0 fully saturated rings. The number of halogens is 6. The second kappa shape index (κ2) is 5.02. The van der Waals surface area contributed by atoms with Gasteiger partial charge in [-0.1, -0.05) is 0 Å². The maximum absolute atomic E-state index is 13.0. The van der Waals surface area contributed by atoms with Crippen LogP contribution in [0.1, 0.15) is 16.8 Å². The largest absolute Gasteiger partial charge is 0.433 e. The van der Waals surface area contributed by atoms with E-state index in [0.29, 0.717) is 16.9 Å². The lowest BCUT2D eigenvalue weighted by atomic mass is 10.2. The van der Waals surface area contributed by atoms with E-state index in [9.17, 15) is 26.3 Å². The number of aromatic nitrogens is 3. The Kier molecular flexibility index (Phi) is 3.66. The summed E-state index contributed by atoms with van der Waals surface area (Å²) < 4.78 is 76.5. The van der Waals surface area contributed by atoms with Crippen molar-refractivity contribution < 1.29 is 26.3 Å². The van der Waals surface area contributed by atoms with Crippen molar-refractivity contribution in [3.63, 3.8) is 0 Å².